The molecule has 0 unspecified atom stereocenters. The van der Waals surface area contributed by atoms with E-state index < -0.39 is 6.10 Å². The lowest BCUT2D eigenvalue weighted by molar-refractivity contribution is -0.117. The maximum atomic E-state index is 12.4. The second kappa shape index (κ2) is 14.0. The third-order valence-electron chi connectivity index (χ3n) is 7.88. The molecule has 2 amide bonds. The number of epoxide rings is 1. The molecule has 8 nitrogen and oxygen atoms in total. The van der Waals surface area contributed by atoms with E-state index in [4.69, 9.17) is 14.2 Å². The van der Waals surface area contributed by atoms with E-state index in [0.717, 1.165) is 58.1 Å². The van der Waals surface area contributed by atoms with E-state index in [1.165, 1.54) is 11.6 Å². The molecule has 0 aromatic carbocycles. The molecule has 0 aromatic heterocycles. The zero-order valence-corrected chi connectivity index (χ0v) is 25.2. The van der Waals surface area contributed by atoms with Crippen molar-refractivity contribution in [2.24, 2.45) is 5.92 Å². The Kier molecular flexibility index (Phi) is 11.2. The molecular weight excluding hydrogens is 494 g/mol. The van der Waals surface area contributed by atoms with E-state index in [1.54, 1.807) is 24.9 Å². The lowest BCUT2D eigenvalue weighted by Gasteiger charge is -2.38. The van der Waals surface area contributed by atoms with Gasteiger partial charge in [0.05, 0.1) is 23.9 Å². The first-order valence-electron chi connectivity index (χ1n) is 14.6. The Morgan fingerprint density at radius 1 is 1.10 bits per heavy atom. The monoisotopic (exact) mass is 545 g/mol. The Balaban J connectivity index is 1.32. The summed E-state index contributed by atoms with van der Waals surface area (Å²) in [5, 5.41) is 3.11. The molecule has 2 heterocycles. The molecule has 1 N–H and O–H groups in total. The molecule has 1 spiro atoms. The fourth-order valence-electron chi connectivity index (χ4n) is 5.56. The van der Waals surface area contributed by atoms with Crippen LogP contribution < -0.4 is 5.32 Å². The van der Waals surface area contributed by atoms with Crippen LogP contribution >= 0.6 is 0 Å². The summed E-state index contributed by atoms with van der Waals surface area (Å²) in [6, 6.07) is 0.196. The Morgan fingerprint density at radius 2 is 1.79 bits per heavy atom. The van der Waals surface area contributed by atoms with Gasteiger partial charge in [-0.05, 0) is 85.9 Å². The highest BCUT2D eigenvalue weighted by atomic mass is 16.6. The second-order valence-electron chi connectivity index (χ2n) is 12.7. The molecule has 0 aromatic rings. The summed E-state index contributed by atoms with van der Waals surface area (Å²) in [5.74, 6) is 0.517. The van der Waals surface area contributed by atoms with E-state index in [-0.39, 0.29) is 35.3 Å². The van der Waals surface area contributed by atoms with E-state index in [2.05, 4.69) is 44.3 Å². The molecule has 39 heavy (non-hydrogen) atoms. The number of ether oxygens (including phenoxy) is 3. The van der Waals surface area contributed by atoms with Crippen molar-refractivity contribution in [3.05, 3.63) is 36.0 Å². The molecule has 2 aliphatic heterocycles. The van der Waals surface area contributed by atoms with Gasteiger partial charge >= 0.3 is 6.09 Å². The number of rotatable bonds is 11. The first-order chi connectivity index (χ1) is 18.3. The predicted octanol–water partition coefficient (Wildman–Crippen LogP) is 4.86. The van der Waals surface area contributed by atoms with Gasteiger partial charge in [0.15, 0.2) is 0 Å². The van der Waals surface area contributed by atoms with Crippen molar-refractivity contribution in [2.45, 2.75) is 102 Å². The summed E-state index contributed by atoms with van der Waals surface area (Å²) in [5.41, 5.74) is 1.18. The van der Waals surface area contributed by atoms with Gasteiger partial charge in [0.1, 0.15) is 6.10 Å². The molecule has 220 valence electrons. The largest absolute Gasteiger partial charge is 0.442 e. The van der Waals surface area contributed by atoms with Crippen molar-refractivity contribution in [1.82, 2.24) is 15.1 Å². The molecule has 0 bridgehead atoms. The Morgan fingerprint density at radius 3 is 2.44 bits per heavy atom. The molecule has 3 aliphatic rings. The van der Waals surface area contributed by atoms with Crippen LogP contribution in [0.5, 0.6) is 0 Å². The highest BCUT2D eigenvalue weighted by Gasteiger charge is 2.53. The average molecular weight is 546 g/mol. The van der Waals surface area contributed by atoms with Crippen molar-refractivity contribution < 1.29 is 23.8 Å². The maximum absolute atomic E-state index is 12.4. The van der Waals surface area contributed by atoms with E-state index in [1.807, 2.05) is 19.0 Å². The van der Waals surface area contributed by atoms with Crippen molar-refractivity contribution in [1.29, 1.82) is 0 Å². The Labute approximate surface area is 235 Å². The van der Waals surface area contributed by atoms with Crippen LogP contribution in [0.2, 0.25) is 0 Å². The molecule has 3 atom stereocenters. The van der Waals surface area contributed by atoms with Crippen molar-refractivity contribution in [3.63, 3.8) is 0 Å². The third-order valence-corrected chi connectivity index (χ3v) is 7.88. The molecule has 2 saturated heterocycles. The second-order valence-corrected chi connectivity index (χ2v) is 12.7. The number of carbonyl (C=O) groups excluding carboxylic acids is 2. The van der Waals surface area contributed by atoms with Gasteiger partial charge in [-0.1, -0.05) is 23.8 Å². The van der Waals surface area contributed by atoms with Gasteiger partial charge < -0.3 is 29.3 Å². The van der Waals surface area contributed by atoms with Crippen LogP contribution in [-0.4, -0.2) is 92.1 Å². The highest BCUT2D eigenvalue weighted by molar-refractivity contribution is 5.87. The van der Waals surface area contributed by atoms with Crippen LogP contribution in [0.3, 0.4) is 0 Å². The van der Waals surface area contributed by atoms with E-state index >= 15 is 0 Å². The maximum Gasteiger partial charge on any atom is 0.410 e. The van der Waals surface area contributed by atoms with Crippen molar-refractivity contribution in [2.75, 3.05) is 40.8 Å². The van der Waals surface area contributed by atoms with Crippen LogP contribution in [-0.2, 0) is 19.0 Å². The number of carbonyl (C=O) groups is 2. The quantitative estimate of drug-likeness (QED) is 0.227. The third kappa shape index (κ3) is 11.1. The average Bonchev–Trinajstić information content (AvgIpc) is 3.60. The number of nitrogens with zero attached hydrogens (tertiary/aromatic N) is 2. The first-order valence-corrected chi connectivity index (χ1v) is 14.6. The van der Waals surface area contributed by atoms with E-state index in [9.17, 15) is 9.59 Å². The molecule has 0 radical (unpaired) electrons. The minimum absolute atomic E-state index is 0.0476. The number of hydrogen-bond donors (Lipinski definition) is 1. The molecular formula is C31H51N3O5. The summed E-state index contributed by atoms with van der Waals surface area (Å²) >= 11 is 0. The minimum Gasteiger partial charge on any atom is -0.442 e. The summed E-state index contributed by atoms with van der Waals surface area (Å²) in [4.78, 5) is 28.1. The fourth-order valence-corrected chi connectivity index (χ4v) is 5.56. The van der Waals surface area contributed by atoms with Crippen LogP contribution in [0.25, 0.3) is 0 Å². The number of likely N-dealkylation sites (N-methyl/N-ethyl adjacent to an activating group) is 2. The number of amides is 2. The summed E-state index contributed by atoms with van der Waals surface area (Å²) in [6.07, 6.45) is 16.3. The van der Waals surface area contributed by atoms with Crippen LogP contribution in [0.15, 0.2) is 36.0 Å². The van der Waals surface area contributed by atoms with Crippen LogP contribution in [0.4, 0.5) is 4.79 Å². The number of hydrogen-bond acceptors (Lipinski definition) is 6. The van der Waals surface area contributed by atoms with Gasteiger partial charge in [0.25, 0.3) is 0 Å². The summed E-state index contributed by atoms with van der Waals surface area (Å²) in [6.45, 7) is 10.4. The molecule has 1 aliphatic carbocycles. The normalized spacial score (nSPS) is 29.6. The standard InChI is InChI=1S/C31H51N3O5/c1-23(9-16-27-20-31(22-37-31)21-30(3,4)39-27)8-11-25-12-14-26(15-13-25)32-28(35)17-10-24(2)38-29(36)34(7)19-18-33(5)6/h8-10,16-17,24-27H,11-15,18-22H2,1-7H3,(H,32,35)/b16-9+,17-10-,23-8+/t24-,25-,26+,27+,31+/m0/s1. The first kappa shape index (κ1) is 31.4. The minimum atomic E-state index is -0.468. The zero-order chi connectivity index (χ0) is 28.6. The highest BCUT2D eigenvalue weighted by Crippen LogP contribution is 2.46. The van der Waals surface area contributed by atoms with E-state index in [0.29, 0.717) is 12.5 Å². The van der Waals surface area contributed by atoms with Gasteiger partial charge in [-0.2, -0.15) is 0 Å². The lowest BCUT2D eigenvalue weighted by Crippen LogP contribution is -2.43. The SMILES string of the molecule is CC(/C=C/[C@@H]1C[C@]2(CO2)CC(C)(C)O1)=C\C[C@H]1CC[C@@H](NC(=O)/C=C\[C@H](C)OC(=O)N(C)CCN(C)C)CC1. The van der Waals surface area contributed by atoms with Gasteiger partial charge in [-0.25, -0.2) is 4.79 Å². The van der Waals surface area contributed by atoms with Gasteiger partial charge in [-0.3, -0.25) is 4.79 Å². The Bertz CT molecular complexity index is 907. The molecule has 3 fully saturated rings. The smallest absolute Gasteiger partial charge is 0.410 e. The molecule has 3 rings (SSSR count). The van der Waals surface area contributed by atoms with Crippen LogP contribution in [0.1, 0.15) is 72.6 Å². The number of nitrogens with one attached hydrogen (secondary N) is 1. The zero-order valence-electron chi connectivity index (χ0n) is 25.2. The lowest BCUT2D eigenvalue weighted by atomic mass is 9.83. The predicted molar refractivity (Wildman–Crippen MR) is 155 cm³/mol. The van der Waals surface area contributed by atoms with Crippen LogP contribution in [0, 0.1) is 5.92 Å². The molecule has 8 heteroatoms. The fraction of sp³-hybridized carbons (Fsp3) is 0.742. The van der Waals surface area contributed by atoms with Crippen molar-refractivity contribution in [3.8, 4) is 0 Å². The summed E-state index contributed by atoms with van der Waals surface area (Å²) < 4.78 is 17.4. The number of allylic oxidation sites excluding steroid dienone is 3. The molecule has 1 saturated carbocycles. The van der Waals surface area contributed by atoms with Gasteiger partial charge in [0.2, 0.25) is 5.91 Å². The summed E-state index contributed by atoms with van der Waals surface area (Å²) in [7, 11) is 5.63. The topological polar surface area (TPSA) is 83.6 Å². The van der Waals surface area contributed by atoms with Crippen molar-refractivity contribution >= 4 is 12.0 Å². The van der Waals surface area contributed by atoms with Gasteiger partial charge in [-0.15, -0.1) is 0 Å². The van der Waals surface area contributed by atoms with Gasteiger partial charge in [0, 0.05) is 45.1 Å². The Hall–Kier alpha value is -2.16.